The number of amides is 7. The highest BCUT2D eigenvalue weighted by Crippen LogP contribution is 2.20. The molecule has 1 aromatic heterocycles. The summed E-state index contributed by atoms with van der Waals surface area (Å²) in [4.78, 5) is 110. The van der Waals surface area contributed by atoms with Gasteiger partial charge in [0.05, 0.1) is 25.2 Å². The number of nitrogens with two attached hydrogens (primary N) is 3. The molecule has 0 saturated carbocycles. The Balaban J connectivity index is 1.61. The summed E-state index contributed by atoms with van der Waals surface area (Å²) in [7, 11) is 0. The molecule has 0 spiro atoms. The van der Waals surface area contributed by atoms with E-state index in [1.165, 1.54) is 6.92 Å². The number of aliphatic carboxylic acids is 1. The van der Waals surface area contributed by atoms with Crippen molar-refractivity contribution in [2.45, 2.75) is 127 Å². The molecule has 4 aromatic rings. The van der Waals surface area contributed by atoms with E-state index in [-0.39, 0.29) is 51.6 Å². The van der Waals surface area contributed by atoms with Gasteiger partial charge in [0.1, 0.15) is 36.0 Å². The van der Waals surface area contributed by atoms with Crippen molar-refractivity contribution >= 4 is 58.2 Å². The number of ether oxygens (including phenoxy) is 1. The number of carbonyl (C=O) groups excluding carboxylic acids is 7. The summed E-state index contributed by atoms with van der Waals surface area (Å²) in [5.74, 6) is -6.12. The minimum Gasteiger partial charge on any atom is -0.494 e. The number of fused-ring (bicyclic) bond motifs is 1. The third-order valence-corrected chi connectivity index (χ3v) is 11.7. The first-order valence-electron chi connectivity index (χ1n) is 24.2. The molecule has 390 valence electrons. The van der Waals surface area contributed by atoms with Crippen molar-refractivity contribution in [3.05, 3.63) is 102 Å². The fourth-order valence-corrected chi connectivity index (χ4v) is 7.68. The highest BCUT2D eigenvalue weighted by atomic mass is 16.5. The van der Waals surface area contributed by atoms with Crippen LogP contribution in [0.2, 0.25) is 0 Å². The fraction of sp³-hybridized carbons (Fsp3) is 0.451. The zero-order chi connectivity index (χ0) is 52.6. The van der Waals surface area contributed by atoms with Gasteiger partial charge >= 0.3 is 5.97 Å². The van der Waals surface area contributed by atoms with E-state index in [1.54, 1.807) is 66.9 Å². The number of nitrogens with one attached hydrogen (secondary N) is 7. The minimum absolute atomic E-state index is 0.00233. The van der Waals surface area contributed by atoms with E-state index in [1.807, 2.05) is 25.1 Å². The highest BCUT2D eigenvalue weighted by molar-refractivity contribution is 5.98. The molecule has 0 bridgehead atoms. The van der Waals surface area contributed by atoms with Gasteiger partial charge in [-0.25, -0.2) is 0 Å². The zero-order valence-corrected chi connectivity index (χ0v) is 40.8. The van der Waals surface area contributed by atoms with E-state index in [0.717, 1.165) is 23.7 Å². The Hall–Kier alpha value is -7.36. The van der Waals surface area contributed by atoms with E-state index in [0.29, 0.717) is 41.9 Å². The maximum atomic E-state index is 14.6. The van der Waals surface area contributed by atoms with Crippen molar-refractivity contribution in [1.82, 2.24) is 36.9 Å². The third kappa shape index (κ3) is 19.1. The number of hydrogen-bond donors (Lipinski definition) is 12. The predicted molar refractivity (Wildman–Crippen MR) is 269 cm³/mol. The van der Waals surface area contributed by atoms with E-state index in [2.05, 4.69) is 36.9 Å². The van der Waals surface area contributed by atoms with Crippen LogP contribution < -0.4 is 53.8 Å². The second-order valence-electron chi connectivity index (χ2n) is 17.6. The lowest BCUT2D eigenvalue weighted by molar-refractivity contribution is -0.137. The summed E-state index contributed by atoms with van der Waals surface area (Å²) in [6, 6.07) is 14.7. The Kier molecular flexibility index (Phi) is 23.6. The van der Waals surface area contributed by atoms with Gasteiger partial charge in [0.25, 0.3) is 0 Å². The Morgan fingerprint density at radius 3 is 1.89 bits per heavy atom. The average Bonchev–Trinajstić information content (AvgIpc) is 3.76. The van der Waals surface area contributed by atoms with Gasteiger partial charge < -0.3 is 69.0 Å². The molecule has 0 aliphatic carbocycles. The van der Waals surface area contributed by atoms with Gasteiger partial charge in [-0.15, -0.1) is 0 Å². The molecule has 7 amide bonds. The maximum Gasteiger partial charge on any atom is 0.303 e. The van der Waals surface area contributed by atoms with Gasteiger partial charge in [0.15, 0.2) is 0 Å². The van der Waals surface area contributed by atoms with Crippen LogP contribution in [0.15, 0.2) is 85.1 Å². The summed E-state index contributed by atoms with van der Waals surface area (Å²) < 4.78 is 5.75. The van der Waals surface area contributed by atoms with E-state index in [4.69, 9.17) is 27.0 Å². The molecule has 0 aliphatic heterocycles. The first-order chi connectivity index (χ1) is 34.5. The summed E-state index contributed by atoms with van der Waals surface area (Å²) in [5, 5.41) is 36.7. The smallest absolute Gasteiger partial charge is 0.303 e. The molecular weight excluding hydrogens is 929 g/mol. The van der Waals surface area contributed by atoms with Crippen LogP contribution in [-0.4, -0.2) is 125 Å². The van der Waals surface area contributed by atoms with E-state index >= 15 is 0 Å². The number of benzene rings is 3. The number of H-pyrrole nitrogens is 1. The first-order valence-corrected chi connectivity index (χ1v) is 24.2. The van der Waals surface area contributed by atoms with Crippen LogP contribution >= 0.6 is 0 Å². The average molecular weight is 999 g/mol. The van der Waals surface area contributed by atoms with Gasteiger partial charge in [-0.05, 0) is 80.5 Å². The first kappa shape index (κ1) is 57.2. The number of aliphatic hydroxyl groups is 1. The molecular formula is C51H70N10O11. The van der Waals surface area contributed by atoms with Crippen molar-refractivity contribution in [3.63, 3.8) is 0 Å². The number of aromatic nitrogens is 1. The third-order valence-electron chi connectivity index (χ3n) is 11.7. The van der Waals surface area contributed by atoms with Crippen LogP contribution in [0.5, 0.6) is 5.75 Å². The Morgan fingerprint density at radius 1 is 0.667 bits per heavy atom. The standard InChI is InChI=1S/C51H70N10O11/c1-3-4-25-72-35-21-19-33(20-22-35)27-40(47(67)55-24-12-18-44(64)65)60-51(71)45(31(2)62)61-48(68)39(17-10-11-23-52)57-50(70)42(28-34-30-56-38-16-9-8-15-36(34)38)59-49(69)41(26-32-13-6-5-7-14-32)58-46(66)37(53)29-43(54)63/h5-9,13-16,19-22,30-31,37,39-42,45,56,62H,3-4,10-12,17-18,23-29,52-53H2,1-2H3,(H2,54,63)(H,55,67)(H,57,70)(H,58,66)(H,59,69)(H,60,71)(H,61,68)(H,64,65)/t31-,37+,39+,40+,41+,42-,45+/m1/s1. The van der Waals surface area contributed by atoms with Crippen molar-refractivity contribution in [1.29, 1.82) is 0 Å². The maximum absolute atomic E-state index is 14.6. The highest BCUT2D eigenvalue weighted by Gasteiger charge is 2.35. The molecule has 0 radical (unpaired) electrons. The molecule has 1 heterocycles. The molecule has 0 saturated heterocycles. The number of primary amides is 1. The second kappa shape index (κ2) is 29.7. The minimum atomic E-state index is -1.65. The van der Waals surface area contributed by atoms with Crippen molar-refractivity contribution in [2.24, 2.45) is 17.2 Å². The lowest BCUT2D eigenvalue weighted by Gasteiger charge is -2.28. The summed E-state index contributed by atoms with van der Waals surface area (Å²) in [5.41, 5.74) is 19.7. The molecule has 0 aliphatic rings. The van der Waals surface area contributed by atoms with Gasteiger partial charge in [-0.1, -0.05) is 74.0 Å². The number of para-hydroxylation sites is 1. The molecule has 21 nitrogen and oxygen atoms in total. The Morgan fingerprint density at radius 2 is 1.25 bits per heavy atom. The van der Waals surface area contributed by atoms with Crippen LogP contribution in [0.1, 0.15) is 81.9 Å². The number of rotatable bonds is 32. The number of aliphatic hydroxyl groups excluding tert-OH is 1. The number of carboxylic acid groups (broad SMARTS) is 1. The molecule has 0 fully saturated rings. The number of unbranched alkanes of at least 4 members (excludes halogenated alkanes) is 2. The van der Waals surface area contributed by atoms with Crippen LogP contribution in [0.3, 0.4) is 0 Å². The van der Waals surface area contributed by atoms with Crippen LogP contribution in [-0.2, 0) is 57.6 Å². The van der Waals surface area contributed by atoms with E-state index in [9.17, 15) is 43.5 Å². The molecule has 72 heavy (non-hydrogen) atoms. The number of hydrogen-bond acceptors (Lipinski definition) is 12. The van der Waals surface area contributed by atoms with Crippen molar-refractivity contribution < 1.29 is 53.3 Å². The van der Waals surface area contributed by atoms with Crippen molar-refractivity contribution in [3.8, 4) is 5.75 Å². The lowest BCUT2D eigenvalue weighted by atomic mass is 10.0. The quantitative estimate of drug-likeness (QED) is 0.0297. The van der Waals surface area contributed by atoms with Crippen molar-refractivity contribution in [2.75, 3.05) is 19.7 Å². The summed E-state index contributed by atoms with van der Waals surface area (Å²) >= 11 is 0. The summed E-state index contributed by atoms with van der Waals surface area (Å²) in [6.07, 6.45) is 2.05. The Labute approximate surface area is 418 Å². The number of carboxylic acids is 1. The lowest BCUT2D eigenvalue weighted by Crippen LogP contribution is -2.61. The largest absolute Gasteiger partial charge is 0.494 e. The molecule has 3 aromatic carbocycles. The monoisotopic (exact) mass is 999 g/mol. The van der Waals surface area contributed by atoms with Gasteiger partial charge in [0, 0.05) is 49.3 Å². The summed E-state index contributed by atoms with van der Waals surface area (Å²) in [6.45, 7) is 4.08. The van der Waals surface area contributed by atoms with Crippen LogP contribution in [0, 0.1) is 0 Å². The number of aromatic amines is 1. The zero-order valence-electron chi connectivity index (χ0n) is 40.8. The van der Waals surface area contributed by atoms with Crippen LogP contribution in [0.25, 0.3) is 10.9 Å². The van der Waals surface area contributed by atoms with Gasteiger partial charge in [-0.2, -0.15) is 0 Å². The molecule has 0 unspecified atom stereocenters. The fourth-order valence-electron chi connectivity index (χ4n) is 7.68. The number of carbonyl (C=O) groups is 8. The Bertz CT molecular complexity index is 2410. The SMILES string of the molecule is CCCCOc1ccc(C[C@H](NC(=O)[C@@H](NC(=O)[C@H](CCCCN)NC(=O)[C@@H](Cc2c[nH]c3ccccc23)NC(=O)[C@H](Cc2ccccc2)NC(=O)[C@@H](N)CC(N)=O)[C@@H](C)O)C(=O)NCCCC(=O)O)cc1. The molecule has 21 heteroatoms. The molecule has 4 rings (SSSR count). The van der Waals surface area contributed by atoms with Gasteiger partial charge in [0.2, 0.25) is 41.4 Å². The predicted octanol–water partition coefficient (Wildman–Crippen LogP) is 0.492. The van der Waals surface area contributed by atoms with E-state index < -0.39 is 96.1 Å². The topological polar surface area (TPSA) is 352 Å². The molecule has 15 N–H and O–H groups in total. The van der Waals surface area contributed by atoms with Gasteiger partial charge in [-0.3, -0.25) is 38.4 Å². The normalized spacial score (nSPS) is 14.0. The second-order valence-corrected chi connectivity index (χ2v) is 17.6. The van der Waals surface area contributed by atoms with Crippen LogP contribution in [0.4, 0.5) is 0 Å². The molecule has 7 atom stereocenters.